The number of unbranched alkanes of at least 4 members (excludes halogenated alkanes) is 2. The van der Waals surface area contributed by atoms with Gasteiger partial charge in [0.1, 0.15) is 0 Å². The van der Waals surface area contributed by atoms with Gasteiger partial charge >= 0.3 is 0 Å². The van der Waals surface area contributed by atoms with Crippen molar-refractivity contribution >= 4 is 11.4 Å². The summed E-state index contributed by atoms with van der Waals surface area (Å²) in [6, 6.07) is 5.36. The van der Waals surface area contributed by atoms with Crippen molar-refractivity contribution in [1.82, 2.24) is 20.2 Å². The number of hydrogen-bond donors (Lipinski definition) is 2. The lowest BCUT2D eigenvalue weighted by molar-refractivity contribution is 0.191. The van der Waals surface area contributed by atoms with Crippen LogP contribution in [0.5, 0.6) is 0 Å². The van der Waals surface area contributed by atoms with E-state index in [1.165, 1.54) is 0 Å². The minimum Gasteiger partial charge on any atom is -0.399 e. The molecule has 0 aliphatic rings. The normalized spacial score (nSPS) is 10.8. The molecule has 2 rings (SSSR count). The number of rotatable bonds is 7. The first-order chi connectivity index (χ1) is 9.70. The third-order valence-corrected chi connectivity index (χ3v) is 2.99. The molecule has 0 saturated carbocycles. The van der Waals surface area contributed by atoms with Gasteiger partial charge in [-0.3, -0.25) is 0 Å². The van der Waals surface area contributed by atoms with Gasteiger partial charge in [0.25, 0.3) is 0 Å². The molecule has 0 unspecified atom stereocenters. The van der Waals surface area contributed by atoms with Crippen LogP contribution in [0.3, 0.4) is 0 Å². The topological polar surface area (TPSA) is 105 Å². The molecule has 7 heteroatoms. The summed E-state index contributed by atoms with van der Waals surface area (Å²) in [6.45, 7) is 1.55. The third kappa shape index (κ3) is 3.67. The largest absolute Gasteiger partial charge is 0.399 e. The van der Waals surface area contributed by atoms with Crippen LogP contribution in [0.4, 0.5) is 11.4 Å². The molecule has 108 valence electrons. The molecule has 0 aliphatic carbocycles. The Hall–Kier alpha value is -2.15. The lowest BCUT2D eigenvalue weighted by atomic mass is 10.1. The molecule has 0 bridgehead atoms. The fourth-order valence-corrected chi connectivity index (χ4v) is 2.05. The number of nitrogens with zero attached hydrogens (tertiary/aromatic N) is 4. The Morgan fingerprint density at radius 1 is 1.10 bits per heavy atom. The molecule has 7 nitrogen and oxygen atoms in total. The van der Waals surface area contributed by atoms with E-state index < -0.39 is 0 Å². The highest BCUT2D eigenvalue weighted by atomic mass is 16.5. The Labute approximate surface area is 117 Å². The van der Waals surface area contributed by atoms with E-state index >= 15 is 0 Å². The number of hydrogen-bond acceptors (Lipinski definition) is 6. The predicted molar refractivity (Wildman–Crippen MR) is 77.8 cm³/mol. The molecule has 0 amide bonds. The van der Waals surface area contributed by atoms with Crippen LogP contribution in [0.1, 0.15) is 19.3 Å². The van der Waals surface area contributed by atoms with E-state index in [1.807, 2.05) is 12.1 Å². The molecule has 0 atom stereocenters. The van der Waals surface area contributed by atoms with Crippen molar-refractivity contribution in [2.24, 2.45) is 0 Å². The molecular weight excluding hydrogens is 256 g/mol. The number of nitrogen functional groups attached to an aromatic ring is 2. The Morgan fingerprint density at radius 2 is 1.85 bits per heavy atom. The fourth-order valence-electron chi connectivity index (χ4n) is 2.05. The van der Waals surface area contributed by atoms with Crippen LogP contribution in [0, 0.1) is 0 Å². The van der Waals surface area contributed by atoms with Crippen LogP contribution < -0.4 is 11.5 Å². The van der Waals surface area contributed by atoms with Gasteiger partial charge < -0.3 is 16.2 Å². The Morgan fingerprint density at radius 3 is 2.55 bits per heavy atom. The van der Waals surface area contributed by atoms with Gasteiger partial charge in [-0.15, -0.1) is 5.10 Å². The molecule has 0 radical (unpaired) electrons. The van der Waals surface area contributed by atoms with Crippen LogP contribution in [-0.2, 0) is 11.3 Å². The summed E-state index contributed by atoms with van der Waals surface area (Å²) < 4.78 is 6.80. The SMILES string of the molecule is COCCCCCn1nnnc1-c1cc(N)cc(N)c1. The minimum atomic E-state index is 0.606. The van der Waals surface area contributed by atoms with Gasteiger partial charge in [0.15, 0.2) is 5.82 Å². The number of benzene rings is 1. The van der Waals surface area contributed by atoms with E-state index in [9.17, 15) is 0 Å². The van der Waals surface area contributed by atoms with E-state index in [1.54, 1.807) is 17.9 Å². The fraction of sp³-hybridized carbons (Fsp3) is 0.462. The molecule has 0 saturated heterocycles. The van der Waals surface area contributed by atoms with Crippen molar-refractivity contribution in [3.63, 3.8) is 0 Å². The molecule has 0 spiro atoms. The highest BCUT2D eigenvalue weighted by Gasteiger charge is 2.09. The first-order valence-corrected chi connectivity index (χ1v) is 6.62. The molecule has 1 aromatic carbocycles. The zero-order chi connectivity index (χ0) is 14.4. The van der Waals surface area contributed by atoms with Crippen molar-refractivity contribution < 1.29 is 4.74 Å². The Balaban J connectivity index is 2.04. The van der Waals surface area contributed by atoms with E-state index in [2.05, 4.69) is 15.5 Å². The zero-order valence-electron chi connectivity index (χ0n) is 11.6. The quantitative estimate of drug-likeness (QED) is 0.583. The van der Waals surface area contributed by atoms with Crippen LogP contribution in [0.25, 0.3) is 11.4 Å². The summed E-state index contributed by atoms with van der Waals surface area (Å²) >= 11 is 0. The first-order valence-electron chi connectivity index (χ1n) is 6.62. The van der Waals surface area contributed by atoms with Crippen molar-refractivity contribution in [1.29, 1.82) is 0 Å². The molecule has 1 heterocycles. The maximum Gasteiger partial charge on any atom is 0.182 e. The molecular formula is C13H20N6O. The number of tetrazole rings is 1. The summed E-state index contributed by atoms with van der Waals surface area (Å²) in [6.07, 6.45) is 3.12. The van der Waals surface area contributed by atoms with Crippen molar-refractivity contribution in [3.8, 4) is 11.4 Å². The number of aromatic nitrogens is 4. The van der Waals surface area contributed by atoms with Crippen molar-refractivity contribution in [2.75, 3.05) is 25.2 Å². The van der Waals surface area contributed by atoms with Crippen LogP contribution in [0.2, 0.25) is 0 Å². The molecule has 2 aromatic rings. The highest BCUT2D eigenvalue weighted by molar-refractivity contribution is 5.67. The van der Waals surface area contributed by atoms with Crippen molar-refractivity contribution in [2.45, 2.75) is 25.8 Å². The van der Waals surface area contributed by atoms with Gasteiger partial charge in [0.05, 0.1) is 0 Å². The molecule has 1 aromatic heterocycles. The maximum atomic E-state index is 5.80. The monoisotopic (exact) mass is 276 g/mol. The van der Waals surface area contributed by atoms with E-state index in [-0.39, 0.29) is 0 Å². The van der Waals surface area contributed by atoms with E-state index in [4.69, 9.17) is 16.2 Å². The smallest absolute Gasteiger partial charge is 0.182 e. The Bertz CT molecular complexity index is 533. The lowest BCUT2D eigenvalue weighted by Crippen LogP contribution is -2.04. The van der Waals surface area contributed by atoms with Gasteiger partial charge in [-0.25, -0.2) is 4.68 Å². The summed E-state index contributed by atoms with van der Waals surface area (Å²) in [5.74, 6) is 0.691. The van der Waals surface area contributed by atoms with Gasteiger partial charge in [-0.2, -0.15) is 0 Å². The van der Waals surface area contributed by atoms with Crippen molar-refractivity contribution in [3.05, 3.63) is 18.2 Å². The van der Waals surface area contributed by atoms with Crippen LogP contribution in [0.15, 0.2) is 18.2 Å². The van der Waals surface area contributed by atoms with Gasteiger partial charge in [-0.1, -0.05) is 0 Å². The summed E-state index contributed by atoms with van der Waals surface area (Å²) in [4.78, 5) is 0. The van der Waals surface area contributed by atoms with Gasteiger partial charge in [0.2, 0.25) is 0 Å². The number of anilines is 2. The lowest BCUT2D eigenvalue weighted by Gasteiger charge is -2.06. The average Bonchev–Trinajstić information content (AvgIpc) is 2.86. The number of ether oxygens (including phenoxy) is 1. The van der Waals surface area contributed by atoms with E-state index in [0.717, 1.165) is 38.0 Å². The second kappa shape index (κ2) is 6.85. The molecule has 20 heavy (non-hydrogen) atoms. The standard InChI is InChI=1S/C13H20N6O/c1-20-6-4-2-3-5-19-13(16-17-18-19)10-7-11(14)9-12(15)8-10/h7-9H,2-6,14-15H2,1H3. The Kier molecular flexibility index (Phi) is 4.89. The third-order valence-electron chi connectivity index (χ3n) is 2.99. The van der Waals surface area contributed by atoms with E-state index in [0.29, 0.717) is 17.2 Å². The predicted octanol–water partition coefficient (Wildman–Crippen LogP) is 1.32. The second-order valence-electron chi connectivity index (χ2n) is 4.67. The van der Waals surface area contributed by atoms with Crippen LogP contribution in [-0.4, -0.2) is 33.9 Å². The second-order valence-corrected chi connectivity index (χ2v) is 4.67. The summed E-state index contributed by atoms with van der Waals surface area (Å²) in [5, 5.41) is 11.8. The molecule has 0 aliphatic heterocycles. The molecule has 0 fully saturated rings. The minimum absolute atomic E-state index is 0.606. The average molecular weight is 276 g/mol. The summed E-state index contributed by atoms with van der Waals surface area (Å²) in [7, 11) is 1.71. The maximum absolute atomic E-state index is 5.80. The van der Waals surface area contributed by atoms with Gasteiger partial charge in [-0.05, 0) is 47.9 Å². The van der Waals surface area contributed by atoms with Crippen LogP contribution >= 0.6 is 0 Å². The number of nitrogens with two attached hydrogens (primary N) is 2. The zero-order valence-corrected chi connectivity index (χ0v) is 11.6. The number of methoxy groups -OCH3 is 1. The summed E-state index contributed by atoms with van der Waals surface area (Å²) in [5.41, 5.74) is 13.6. The van der Waals surface area contributed by atoms with Gasteiger partial charge in [0, 0.05) is 37.2 Å². The number of aryl methyl sites for hydroxylation is 1. The highest BCUT2D eigenvalue weighted by Crippen LogP contribution is 2.22. The first kappa shape index (κ1) is 14.3. The molecule has 4 N–H and O–H groups in total.